The summed E-state index contributed by atoms with van der Waals surface area (Å²) in [5.41, 5.74) is 0.816. The maximum absolute atomic E-state index is 13.2. The highest BCUT2D eigenvalue weighted by Crippen LogP contribution is 2.31. The van der Waals surface area contributed by atoms with Gasteiger partial charge in [0.05, 0.1) is 28.7 Å². The summed E-state index contributed by atoms with van der Waals surface area (Å²) in [6, 6.07) is 23.9. The van der Waals surface area contributed by atoms with Gasteiger partial charge in [0.1, 0.15) is 0 Å². The Labute approximate surface area is 210 Å². The smallest absolute Gasteiger partial charge is 0.416 e. The number of fused-ring (bicyclic) bond motifs is 1. The van der Waals surface area contributed by atoms with Crippen molar-refractivity contribution in [2.45, 2.75) is 6.18 Å². The van der Waals surface area contributed by atoms with Gasteiger partial charge in [-0.2, -0.15) is 23.3 Å². The monoisotopic (exact) mass is 503 g/mol. The molecule has 186 valence electrons. The predicted molar refractivity (Wildman–Crippen MR) is 135 cm³/mol. The molecule has 1 heterocycles. The summed E-state index contributed by atoms with van der Waals surface area (Å²) in [4.78, 5) is 29.5. The van der Waals surface area contributed by atoms with Gasteiger partial charge in [-0.15, -0.1) is 0 Å². The van der Waals surface area contributed by atoms with Gasteiger partial charge >= 0.3 is 12.1 Å². The topological polar surface area (TPSA) is 71.9 Å². The molecule has 0 saturated carbocycles. The molecule has 0 aliphatic carbocycles. The van der Waals surface area contributed by atoms with Gasteiger partial charge in [-0.3, -0.25) is 4.79 Å². The standard InChI is InChI=1S/C28H20F3N3O3/c29-28(30,31)22-10-6-11-24(17-22)34(32-18-20-7-2-1-3-8-20)26(35)19-37-27(36)16-15-23-14-13-21-9-4-5-12-25(21)33-23/h1-18H,19H2/b16-15+,32-18+. The molecule has 0 spiro atoms. The number of halogens is 3. The summed E-state index contributed by atoms with van der Waals surface area (Å²) in [7, 11) is 0. The van der Waals surface area contributed by atoms with Gasteiger partial charge in [-0.05, 0) is 42.0 Å². The van der Waals surface area contributed by atoms with Gasteiger partial charge in [-0.1, -0.05) is 60.7 Å². The molecule has 4 aromatic rings. The van der Waals surface area contributed by atoms with Gasteiger partial charge in [0.25, 0.3) is 5.91 Å². The molecular formula is C28H20F3N3O3. The van der Waals surface area contributed by atoms with E-state index in [0.29, 0.717) is 11.3 Å². The Kier molecular flexibility index (Phi) is 7.73. The molecule has 0 saturated heterocycles. The fraction of sp³-hybridized carbons (Fsp3) is 0.0714. The zero-order chi connectivity index (χ0) is 26.3. The van der Waals surface area contributed by atoms with Crippen LogP contribution in [0.2, 0.25) is 0 Å². The number of benzene rings is 3. The number of carbonyl (C=O) groups excluding carboxylic acids is 2. The fourth-order valence-electron chi connectivity index (χ4n) is 3.32. The van der Waals surface area contributed by atoms with Crippen LogP contribution in [-0.2, 0) is 20.5 Å². The molecule has 1 amide bonds. The van der Waals surface area contributed by atoms with E-state index in [2.05, 4.69) is 10.1 Å². The number of para-hydroxylation sites is 1. The van der Waals surface area contributed by atoms with Crippen molar-refractivity contribution in [3.05, 3.63) is 114 Å². The van der Waals surface area contributed by atoms with E-state index >= 15 is 0 Å². The lowest BCUT2D eigenvalue weighted by atomic mass is 10.2. The molecule has 37 heavy (non-hydrogen) atoms. The first-order chi connectivity index (χ1) is 17.8. The Morgan fingerprint density at radius 2 is 1.68 bits per heavy atom. The van der Waals surface area contributed by atoms with Crippen LogP contribution in [0.1, 0.15) is 16.8 Å². The normalized spacial score (nSPS) is 11.8. The van der Waals surface area contributed by atoms with E-state index in [1.807, 2.05) is 30.3 Å². The third-order valence-electron chi connectivity index (χ3n) is 5.12. The van der Waals surface area contributed by atoms with E-state index in [1.54, 1.807) is 36.4 Å². The number of hydrogen-bond donors (Lipinski definition) is 0. The van der Waals surface area contributed by atoms with Crippen molar-refractivity contribution >= 4 is 40.8 Å². The molecule has 0 N–H and O–H groups in total. The number of hydrazone groups is 1. The molecule has 6 nitrogen and oxygen atoms in total. The summed E-state index contributed by atoms with van der Waals surface area (Å²) >= 11 is 0. The minimum atomic E-state index is -4.61. The van der Waals surface area contributed by atoms with Gasteiger partial charge in [0.15, 0.2) is 6.61 Å². The van der Waals surface area contributed by atoms with Crippen molar-refractivity contribution in [2.24, 2.45) is 5.10 Å². The second-order valence-corrected chi connectivity index (χ2v) is 7.78. The SMILES string of the molecule is O=C(/C=C/c1ccc2ccccc2n1)OCC(=O)N(/N=C/c1ccccc1)c1cccc(C(F)(F)F)c1. The van der Waals surface area contributed by atoms with E-state index < -0.39 is 30.2 Å². The Bertz CT molecular complexity index is 1470. The first kappa shape index (κ1) is 25.3. The van der Waals surface area contributed by atoms with Crippen molar-refractivity contribution in [3.8, 4) is 0 Å². The Balaban J connectivity index is 1.48. The van der Waals surface area contributed by atoms with Gasteiger partial charge in [0, 0.05) is 11.5 Å². The van der Waals surface area contributed by atoms with Crippen molar-refractivity contribution in [2.75, 3.05) is 11.6 Å². The average Bonchev–Trinajstić information content (AvgIpc) is 2.91. The van der Waals surface area contributed by atoms with E-state index in [0.717, 1.165) is 34.1 Å². The number of carbonyl (C=O) groups is 2. The first-order valence-electron chi connectivity index (χ1n) is 11.1. The van der Waals surface area contributed by atoms with Crippen molar-refractivity contribution < 1.29 is 27.5 Å². The van der Waals surface area contributed by atoms with Crippen LogP contribution in [0.3, 0.4) is 0 Å². The maximum Gasteiger partial charge on any atom is 0.416 e. The molecule has 0 atom stereocenters. The third-order valence-corrected chi connectivity index (χ3v) is 5.12. The highest BCUT2D eigenvalue weighted by atomic mass is 19.4. The van der Waals surface area contributed by atoms with Crippen LogP contribution in [0.15, 0.2) is 102 Å². The number of esters is 1. The largest absolute Gasteiger partial charge is 0.452 e. The van der Waals surface area contributed by atoms with Crippen LogP contribution in [-0.4, -0.2) is 29.7 Å². The molecule has 3 aromatic carbocycles. The maximum atomic E-state index is 13.2. The summed E-state index contributed by atoms with van der Waals surface area (Å²) < 4.78 is 44.7. The number of anilines is 1. The summed E-state index contributed by atoms with van der Waals surface area (Å²) in [5, 5.41) is 5.77. The van der Waals surface area contributed by atoms with E-state index in [9.17, 15) is 22.8 Å². The lowest BCUT2D eigenvalue weighted by molar-refractivity contribution is -0.142. The molecule has 1 aromatic heterocycles. The van der Waals surface area contributed by atoms with E-state index in [1.165, 1.54) is 24.4 Å². The summed E-state index contributed by atoms with van der Waals surface area (Å²) in [5.74, 6) is -1.66. The summed E-state index contributed by atoms with van der Waals surface area (Å²) in [6.45, 7) is -0.739. The zero-order valence-corrected chi connectivity index (χ0v) is 19.3. The lowest BCUT2D eigenvalue weighted by Gasteiger charge is -2.18. The molecule has 0 radical (unpaired) electrons. The number of nitrogens with zero attached hydrogens (tertiary/aromatic N) is 3. The minimum absolute atomic E-state index is 0.126. The predicted octanol–water partition coefficient (Wildman–Crippen LogP) is 5.88. The Morgan fingerprint density at radius 1 is 0.919 bits per heavy atom. The molecule has 9 heteroatoms. The van der Waals surface area contributed by atoms with Crippen molar-refractivity contribution in [3.63, 3.8) is 0 Å². The highest BCUT2D eigenvalue weighted by molar-refractivity contribution is 5.97. The number of pyridine rings is 1. The molecule has 0 fully saturated rings. The number of ether oxygens (including phenoxy) is 1. The van der Waals surface area contributed by atoms with Gasteiger partial charge in [-0.25, -0.2) is 9.78 Å². The van der Waals surface area contributed by atoms with Gasteiger partial charge in [0.2, 0.25) is 0 Å². The van der Waals surface area contributed by atoms with Crippen LogP contribution in [0.25, 0.3) is 17.0 Å². The zero-order valence-electron chi connectivity index (χ0n) is 19.3. The molecule has 0 bridgehead atoms. The molecule has 0 unspecified atom stereocenters. The third kappa shape index (κ3) is 6.88. The van der Waals surface area contributed by atoms with Crippen LogP contribution in [0, 0.1) is 0 Å². The van der Waals surface area contributed by atoms with Crippen LogP contribution >= 0.6 is 0 Å². The number of hydrogen-bond acceptors (Lipinski definition) is 5. The molecule has 0 aliphatic heterocycles. The minimum Gasteiger partial charge on any atom is -0.452 e. The second kappa shape index (κ2) is 11.3. The summed E-state index contributed by atoms with van der Waals surface area (Å²) in [6.07, 6.45) is -0.725. The molecular weight excluding hydrogens is 483 g/mol. The second-order valence-electron chi connectivity index (χ2n) is 7.78. The quantitative estimate of drug-likeness (QED) is 0.137. The van der Waals surface area contributed by atoms with Gasteiger partial charge < -0.3 is 4.74 Å². The number of rotatable bonds is 7. The number of aromatic nitrogens is 1. The van der Waals surface area contributed by atoms with Crippen LogP contribution < -0.4 is 5.01 Å². The highest BCUT2D eigenvalue weighted by Gasteiger charge is 2.31. The molecule has 4 rings (SSSR count). The Hall–Kier alpha value is -4.79. The first-order valence-corrected chi connectivity index (χ1v) is 11.1. The number of alkyl halides is 3. The van der Waals surface area contributed by atoms with Crippen LogP contribution in [0.5, 0.6) is 0 Å². The number of amides is 1. The molecule has 0 aliphatic rings. The van der Waals surface area contributed by atoms with E-state index in [-0.39, 0.29) is 5.69 Å². The van der Waals surface area contributed by atoms with Crippen LogP contribution in [0.4, 0.5) is 18.9 Å². The van der Waals surface area contributed by atoms with Crippen molar-refractivity contribution in [1.29, 1.82) is 0 Å². The fourth-order valence-corrected chi connectivity index (χ4v) is 3.32. The van der Waals surface area contributed by atoms with E-state index in [4.69, 9.17) is 4.74 Å². The Morgan fingerprint density at radius 3 is 2.46 bits per heavy atom. The average molecular weight is 503 g/mol. The lowest BCUT2D eigenvalue weighted by Crippen LogP contribution is -2.30. The van der Waals surface area contributed by atoms with Crippen molar-refractivity contribution in [1.82, 2.24) is 4.98 Å².